The maximum atomic E-state index is 13.3. The molecule has 146 valence electrons. The molecule has 3 atom stereocenters. The Morgan fingerprint density at radius 1 is 1.21 bits per heavy atom. The van der Waals surface area contributed by atoms with E-state index in [1.165, 1.54) is 0 Å². The highest BCUT2D eigenvalue weighted by molar-refractivity contribution is 7.80. The van der Waals surface area contributed by atoms with E-state index in [0.29, 0.717) is 5.11 Å². The zero-order valence-corrected chi connectivity index (χ0v) is 17.6. The molecule has 28 heavy (non-hydrogen) atoms. The molecule has 2 aliphatic rings. The molecule has 0 spiro atoms. The lowest BCUT2D eigenvalue weighted by Crippen LogP contribution is -2.72. The van der Waals surface area contributed by atoms with E-state index >= 15 is 0 Å². The smallest absolute Gasteiger partial charge is 0.233 e. The number of hydrogen-bond acceptors (Lipinski definition) is 3. The van der Waals surface area contributed by atoms with Gasteiger partial charge in [-0.15, -0.1) is 0 Å². The first-order valence-corrected chi connectivity index (χ1v) is 9.82. The van der Waals surface area contributed by atoms with Crippen molar-refractivity contribution in [3.05, 3.63) is 59.2 Å². The van der Waals surface area contributed by atoms with Crippen LogP contribution in [0.4, 0.5) is 5.69 Å². The van der Waals surface area contributed by atoms with Gasteiger partial charge in [0.15, 0.2) is 10.8 Å². The van der Waals surface area contributed by atoms with Gasteiger partial charge in [-0.05, 0) is 50.7 Å². The summed E-state index contributed by atoms with van der Waals surface area (Å²) in [4.78, 5) is 16.9. The number of hydrogen-bond donors (Lipinski definition) is 1. The lowest BCUT2D eigenvalue weighted by molar-refractivity contribution is -0.144. The van der Waals surface area contributed by atoms with E-state index in [1.54, 1.807) is 19.0 Å². The summed E-state index contributed by atoms with van der Waals surface area (Å²) in [7, 11) is 3.56. The van der Waals surface area contributed by atoms with Gasteiger partial charge in [-0.25, -0.2) is 0 Å². The van der Waals surface area contributed by atoms with Gasteiger partial charge in [0.25, 0.3) is 0 Å². The number of anilines is 1. The fourth-order valence-corrected chi connectivity index (χ4v) is 4.74. The van der Waals surface area contributed by atoms with E-state index in [0.717, 1.165) is 28.1 Å². The Labute approximate surface area is 171 Å². The predicted molar refractivity (Wildman–Crippen MR) is 115 cm³/mol. The van der Waals surface area contributed by atoms with Crippen LogP contribution in [0.3, 0.4) is 0 Å². The number of amides is 1. The topological polar surface area (TPSA) is 44.8 Å². The van der Waals surface area contributed by atoms with Gasteiger partial charge in [-0.2, -0.15) is 0 Å². The van der Waals surface area contributed by atoms with Crippen LogP contribution >= 0.6 is 12.2 Å². The number of rotatable bonds is 2. The average Bonchev–Trinajstić information content (AvgIpc) is 2.63. The van der Waals surface area contributed by atoms with Crippen LogP contribution in [-0.2, 0) is 4.79 Å². The van der Waals surface area contributed by atoms with Crippen molar-refractivity contribution in [3.8, 4) is 5.75 Å². The minimum Gasteiger partial charge on any atom is -0.467 e. The number of para-hydroxylation sites is 1. The number of ether oxygens (including phenoxy) is 1. The summed E-state index contributed by atoms with van der Waals surface area (Å²) in [5.41, 5.74) is 3.16. The average molecular weight is 396 g/mol. The molecule has 0 unspecified atom stereocenters. The Balaban J connectivity index is 1.95. The molecule has 2 bridgehead atoms. The minimum atomic E-state index is -0.942. The quantitative estimate of drug-likeness (QED) is 0.788. The SMILES string of the molecule is Cc1ccc2c(c1)[C@H]1NC(=S)N(c3ccccc3C)[C@@](C)(O2)[C@H]1C(=O)N(C)C. The Morgan fingerprint density at radius 2 is 1.93 bits per heavy atom. The number of carbonyl (C=O) groups is 1. The van der Waals surface area contributed by atoms with Crippen LogP contribution in [0.5, 0.6) is 5.75 Å². The molecule has 1 saturated heterocycles. The molecule has 2 heterocycles. The molecular formula is C22H25N3O2S. The van der Waals surface area contributed by atoms with E-state index in [1.807, 2.05) is 62.1 Å². The highest BCUT2D eigenvalue weighted by Gasteiger charge is 2.59. The Bertz CT molecular complexity index is 974. The zero-order chi connectivity index (χ0) is 20.2. The summed E-state index contributed by atoms with van der Waals surface area (Å²) in [6, 6.07) is 13.9. The van der Waals surface area contributed by atoms with E-state index < -0.39 is 11.6 Å². The molecule has 2 aromatic carbocycles. The van der Waals surface area contributed by atoms with Crippen LogP contribution in [-0.4, -0.2) is 35.7 Å². The Hall–Kier alpha value is -2.60. The van der Waals surface area contributed by atoms with Crippen LogP contribution in [0.25, 0.3) is 0 Å². The van der Waals surface area contributed by atoms with Crippen molar-refractivity contribution in [3.63, 3.8) is 0 Å². The molecule has 0 saturated carbocycles. The fraction of sp³-hybridized carbons (Fsp3) is 0.364. The summed E-state index contributed by atoms with van der Waals surface area (Å²) in [6.45, 7) is 6.04. The van der Waals surface area contributed by atoms with E-state index in [9.17, 15) is 4.79 Å². The second-order valence-corrected chi connectivity index (χ2v) is 8.34. The Kier molecular flexibility index (Phi) is 4.34. The lowest BCUT2D eigenvalue weighted by atomic mass is 9.78. The van der Waals surface area contributed by atoms with Crippen LogP contribution < -0.4 is 15.0 Å². The van der Waals surface area contributed by atoms with Gasteiger partial charge in [-0.1, -0.05) is 35.9 Å². The second kappa shape index (κ2) is 6.48. The molecule has 0 aromatic heterocycles. The molecule has 6 heteroatoms. The second-order valence-electron chi connectivity index (χ2n) is 7.96. The van der Waals surface area contributed by atoms with E-state index in [2.05, 4.69) is 11.4 Å². The maximum absolute atomic E-state index is 13.3. The third-order valence-corrected chi connectivity index (χ3v) is 6.02. The number of thiocarbonyl (C=S) groups is 1. The molecule has 4 rings (SSSR count). The number of benzene rings is 2. The van der Waals surface area contributed by atoms with E-state index in [-0.39, 0.29) is 11.9 Å². The van der Waals surface area contributed by atoms with Crippen molar-refractivity contribution in [1.82, 2.24) is 10.2 Å². The van der Waals surface area contributed by atoms with Crippen molar-refractivity contribution < 1.29 is 9.53 Å². The van der Waals surface area contributed by atoms with E-state index in [4.69, 9.17) is 17.0 Å². The summed E-state index contributed by atoms with van der Waals surface area (Å²) in [5.74, 6) is 0.339. The van der Waals surface area contributed by atoms with Crippen molar-refractivity contribution in [1.29, 1.82) is 0 Å². The number of carbonyl (C=O) groups excluding carboxylic acids is 1. The molecule has 2 aromatic rings. The summed E-state index contributed by atoms with van der Waals surface area (Å²) < 4.78 is 6.57. The molecular weight excluding hydrogens is 370 g/mol. The first-order valence-electron chi connectivity index (χ1n) is 9.41. The van der Waals surface area contributed by atoms with Gasteiger partial charge >= 0.3 is 0 Å². The highest BCUT2D eigenvalue weighted by Crippen LogP contribution is 2.50. The van der Waals surface area contributed by atoms with Crippen LogP contribution in [0.1, 0.15) is 29.7 Å². The number of fused-ring (bicyclic) bond motifs is 4. The predicted octanol–water partition coefficient (Wildman–Crippen LogP) is 3.55. The standard InChI is InChI=1S/C22H25N3O2S/c1-13-10-11-17-15(12-13)19-18(20(26)24(4)5)22(3,27-17)25(21(28)23-19)16-9-7-6-8-14(16)2/h6-12,18-19H,1-5H3,(H,23,28)/t18-,19-,22+/m1/s1. The van der Waals surface area contributed by atoms with Crippen molar-refractivity contribution in [2.75, 3.05) is 19.0 Å². The first-order chi connectivity index (χ1) is 13.2. The lowest BCUT2D eigenvalue weighted by Gasteiger charge is -2.56. The van der Waals surface area contributed by atoms with Gasteiger partial charge in [0, 0.05) is 25.3 Å². The van der Waals surface area contributed by atoms with Gasteiger partial charge in [0.05, 0.1) is 6.04 Å². The third-order valence-electron chi connectivity index (χ3n) is 5.72. The Morgan fingerprint density at radius 3 is 2.61 bits per heavy atom. The monoisotopic (exact) mass is 395 g/mol. The summed E-state index contributed by atoms with van der Waals surface area (Å²) in [5, 5.41) is 4.01. The highest BCUT2D eigenvalue weighted by atomic mass is 32.1. The molecule has 5 nitrogen and oxygen atoms in total. The number of nitrogens with one attached hydrogen (secondary N) is 1. The number of aryl methyl sites for hydroxylation is 2. The number of nitrogens with zero attached hydrogens (tertiary/aromatic N) is 2. The first kappa shape index (κ1) is 18.7. The zero-order valence-electron chi connectivity index (χ0n) is 16.8. The van der Waals surface area contributed by atoms with Crippen LogP contribution in [0.15, 0.2) is 42.5 Å². The maximum Gasteiger partial charge on any atom is 0.233 e. The van der Waals surface area contributed by atoms with Crippen molar-refractivity contribution in [2.24, 2.45) is 5.92 Å². The largest absolute Gasteiger partial charge is 0.467 e. The minimum absolute atomic E-state index is 0.00763. The molecule has 1 amide bonds. The molecule has 0 radical (unpaired) electrons. The van der Waals surface area contributed by atoms with Crippen molar-refractivity contribution in [2.45, 2.75) is 32.5 Å². The van der Waals surface area contributed by atoms with Gasteiger partial charge in [0.1, 0.15) is 11.7 Å². The molecule has 1 N–H and O–H groups in total. The van der Waals surface area contributed by atoms with Gasteiger partial charge < -0.3 is 15.0 Å². The van der Waals surface area contributed by atoms with Gasteiger partial charge in [0.2, 0.25) is 5.91 Å². The summed E-state index contributed by atoms with van der Waals surface area (Å²) in [6.07, 6.45) is 0. The fourth-order valence-electron chi connectivity index (χ4n) is 4.34. The normalized spacial score (nSPS) is 25.5. The molecule has 0 aliphatic carbocycles. The van der Waals surface area contributed by atoms with Crippen molar-refractivity contribution >= 4 is 28.9 Å². The van der Waals surface area contributed by atoms with Crippen LogP contribution in [0, 0.1) is 19.8 Å². The van der Waals surface area contributed by atoms with Gasteiger partial charge in [-0.3, -0.25) is 9.69 Å². The third kappa shape index (κ3) is 2.66. The van der Waals surface area contributed by atoms with Crippen LogP contribution in [0.2, 0.25) is 0 Å². The molecule has 1 fully saturated rings. The summed E-state index contributed by atoms with van der Waals surface area (Å²) >= 11 is 5.77. The molecule has 2 aliphatic heterocycles.